The van der Waals surface area contributed by atoms with E-state index in [0.29, 0.717) is 25.2 Å². The molecule has 1 aliphatic heterocycles. The Labute approximate surface area is 204 Å². The van der Waals surface area contributed by atoms with E-state index in [1.165, 1.54) is 7.11 Å². The predicted octanol–water partition coefficient (Wildman–Crippen LogP) is 6.28. The summed E-state index contributed by atoms with van der Waals surface area (Å²) in [6.07, 6.45) is 5.77. The topological polar surface area (TPSA) is 48.0 Å². The zero-order valence-corrected chi connectivity index (χ0v) is 20.8. The van der Waals surface area contributed by atoms with Gasteiger partial charge in [-0.2, -0.15) is 0 Å². The van der Waals surface area contributed by atoms with Crippen molar-refractivity contribution in [2.45, 2.75) is 39.5 Å². The second-order valence-electron chi connectivity index (χ2n) is 8.76. The molecule has 0 saturated heterocycles. The molecule has 0 atom stereocenters. The lowest BCUT2D eigenvalue weighted by Gasteiger charge is -2.29. The predicted molar refractivity (Wildman–Crippen MR) is 139 cm³/mol. The summed E-state index contributed by atoms with van der Waals surface area (Å²) >= 11 is 0. The highest BCUT2D eigenvalue weighted by atomic mass is 16.5. The number of hydrogen-bond donors (Lipinski definition) is 0. The molecule has 0 aromatic heterocycles. The standard InChI is InChI=1S/C29H37NO4/c1-5-6-16-33-17-18-34-27-12-9-23(10-13-27)24-11-14-28-26(19-24)20-25(29(31)32-4)8-7-15-30(28)21-22(2)3/h9-14,19-20H,2,5-8,15-18,21H2,1,3-4H3/b25-20+. The lowest BCUT2D eigenvalue weighted by Crippen LogP contribution is -2.28. The van der Waals surface area contributed by atoms with Gasteiger partial charge in [0.1, 0.15) is 12.4 Å². The number of nitrogens with zero attached hydrogens (tertiary/aromatic N) is 1. The third-order valence-corrected chi connectivity index (χ3v) is 5.81. The monoisotopic (exact) mass is 463 g/mol. The largest absolute Gasteiger partial charge is 0.491 e. The second-order valence-corrected chi connectivity index (χ2v) is 8.76. The van der Waals surface area contributed by atoms with Gasteiger partial charge in [0, 0.05) is 31.0 Å². The third kappa shape index (κ3) is 7.22. The molecule has 0 amide bonds. The quantitative estimate of drug-likeness (QED) is 0.223. The van der Waals surface area contributed by atoms with Gasteiger partial charge in [-0.15, -0.1) is 0 Å². The normalized spacial score (nSPS) is 14.9. The second kappa shape index (κ2) is 13.0. The van der Waals surface area contributed by atoms with Gasteiger partial charge >= 0.3 is 5.97 Å². The van der Waals surface area contributed by atoms with E-state index < -0.39 is 0 Å². The molecule has 0 unspecified atom stereocenters. The van der Waals surface area contributed by atoms with Crippen molar-refractivity contribution in [2.24, 2.45) is 0 Å². The van der Waals surface area contributed by atoms with Gasteiger partial charge in [0.05, 0.1) is 13.7 Å². The summed E-state index contributed by atoms with van der Waals surface area (Å²) in [6.45, 7) is 11.9. The summed E-state index contributed by atoms with van der Waals surface area (Å²) in [4.78, 5) is 14.7. The zero-order chi connectivity index (χ0) is 24.3. The molecule has 2 aromatic rings. The number of unbranched alkanes of at least 4 members (excludes halogenated alkanes) is 1. The minimum absolute atomic E-state index is 0.259. The van der Waals surface area contributed by atoms with Gasteiger partial charge in [-0.25, -0.2) is 4.79 Å². The highest BCUT2D eigenvalue weighted by Gasteiger charge is 2.19. The van der Waals surface area contributed by atoms with Crippen molar-refractivity contribution < 1.29 is 19.0 Å². The van der Waals surface area contributed by atoms with Gasteiger partial charge in [-0.1, -0.05) is 43.7 Å². The Morgan fingerprint density at radius 1 is 1.06 bits per heavy atom. The van der Waals surface area contributed by atoms with E-state index in [-0.39, 0.29) is 5.97 Å². The maximum absolute atomic E-state index is 12.3. The molecule has 0 spiro atoms. The van der Waals surface area contributed by atoms with Crippen LogP contribution in [0.25, 0.3) is 17.2 Å². The molecular formula is C29H37NO4. The van der Waals surface area contributed by atoms with Crippen LogP contribution < -0.4 is 9.64 Å². The van der Waals surface area contributed by atoms with Crippen molar-refractivity contribution in [2.75, 3.05) is 44.9 Å². The van der Waals surface area contributed by atoms with Crippen molar-refractivity contribution in [3.63, 3.8) is 0 Å². The van der Waals surface area contributed by atoms with E-state index in [1.54, 1.807) is 0 Å². The Kier molecular flexibility index (Phi) is 9.77. The molecule has 0 saturated carbocycles. The van der Waals surface area contributed by atoms with Crippen molar-refractivity contribution >= 4 is 17.7 Å². The molecule has 182 valence electrons. The maximum atomic E-state index is 12.3. The number of rotatable bonds is 11. The SMILES string of the molecule is C=C(C)CN1CCC/C(C(=O)OC)=C\c2cc(-c3ccc(OCCOCCCC)cc3)ccc21. The van der Waals surface area contributed by atoms with E-state index in [2.05, 4.69) is 48.7 Å². The van der Waals surface area contributed by atoms with E-state index in [9.17, 15) is 4.79 Å². The molecule has 5 heteroatoms. The number of carbonyl (C=O) groups excluding carboxylic acids is 1. The summed E-state index contributed by atoms with van der Waals surface area (Å²) in [5, 5.41) is 0. The molecule has 1 heterocycles. The highest BCUT2D eigenvalue weighted by molar-refractivity contribution is 5.95. The van der Waals surface area contributed by atoms with Gasteiger partial charge < -0.3 is 19.1 Å². The highest BCUT2D eigenvalue weighted by Crippen LogP contribution is 2.33. The van der Waals surface area contributed by atoms with Gasteiger partial charge in [0.15, 0.2) is 0 Å². The number of esters is 1. The Bertz CT molecular complexity index is 994. The Hall–Kier alpha value is -3.05. The van der Waals surface area contributed by atoms with Crippen molar-refractivity contribution in [1.29, 1.82) is 0 Å². The van der Waals surface area contributed by atoms with E-state index >= 15 is 0 Å². The van der Waals surface area contributed by atoms with Crippen molar-refractivity contribution in [3.8, 4) is 16.9 Å². The molecule has 3 rings (SSSR count). The van der Waals surface area contributed by atoms with E-state index in [1.807, 2.05) is 25.1 Å². The van der Waals surface area contributed by atoms with Crippen LogP contribution in [0.5, 0.6) is 5.75 Å². The number of benzene rings is 2. The number of fused-ring (bicyclic) bond motifs is 1. The van der Waals surface area contributed by atoms with Crippen molar-refractivity contribution in [3.05, 3.63) is 65.8 Å². The van der Waals surface area contributed by atoms with Crippen LogP contribution in [0.4, 0.5) is 5.69 Å². The summed E-state index contributed by atoms with van der Waals surface area (Å²) in [5.41, 5.74) is 6.12. The summed E-state index contributed by atoms with van der Waals surface area (Å²) in [7, 11) is 1.44. The number of hydrogen-bond acceptors (Lipinski definition) is 5. The average molecular weight is 464 g/mol. The molecule has 0 fully saturated rings. The summed E-state index contributed by atoms with van der Waals surface area (Å²) in [6, 6.07) is 14.5. The molecule has 0 aliphatic carbocycles. The fraction of sp³-hybridized carbons (Fsp3) is 0.414. The molecular weight excluding hydrogens is 426 g/mol. The van der Waals surface area contributed by atoms with Crippen LogP contribution in [0, 0.1) is 0 Å². The minimum atomic E-state index is -0.259. The van der Waals surface area contributed by atoms with Crippen LogP contribution in [0.15, 0.2) is 60.2 Å². The Morgan fingerprint density at radius 2 is 1.82 bits per heavy atom. The molecule has 34 heavy (non-hydrogen) atoms. The lowest BCUT2D eigenvalue weighted by atomic mass is 9.96. The van der Waals surface area contributed by atoms with E-state index in [4.69, 9.17) is 14.2 Å². The van der Waals surface area contributed by atoms with Crippen LogP contribution in [0.2, 0.25) is 0 Å². The minimum Gasteiger partial charge on any atom is -0.491 e. The van der Waals surface area contributed by atoms with Gasteiger partial charge in [-0.3, -0.25) is 0 Å². The molecule has 0 bridgehead atoms. The summed E-state index contributed by atoms with van der Waals surface area (Å²) < 4.78 is 16.4. The first-order chi connectivity index (χ1) is 16.5. The molecule has 2 aromatic carbocycles. The average Bonchev–Trinajstić information content (AvgIpc) is 2.83. The molecule has 5 nitrogen and oxygen atoms in total. The van der Waals surface area contributed by atoms with Crippen LogP contribution in [0.1, 0.15) is 45.1 Å². The van der Waals surface area contributed by atoms with Gasteiger partial charge in [-0.05, 0) is 73.2 Å². The lowest BCUT2D eigenvalue weighted by molar-refractivity contribution is -0.136. The Morgan fingerprint density at radius 3 is 2.53 bits per heavy atom. The molecule has 1 aliphatic rings. The van der Waals surface area contributed by atoms with Crippen molar-refractivity contribution in [1.82, 2.24) is 0 Å². The van der Waals surface area contributed by atoms with Crippen LogP contribution in [-0.4, -0.2) is 46.0 Å². The fourth-order valence-corrected chi connectivity index (χ4v) is 4.07. The molecule has 0 N–H and O–H groups in total. The van der Waals surface area contributed by atoms with Gasteiger partial charge in [0.2, 0.25) is 0 Å². The number of ether oxygens (including phenoxy) is 3. The first kappa shape index (κ1) is 25.6. The number of methoxy groups -OCH3 is 1. The first-order valence-electron chi connectivity index (χ1n) is 12.1. The summed E-state index contributed by atoms with van der Waals surface area (Å²) in [5.74, 6) is 0.569. The number of carbonyl (C=O) groups is 1. The van der Waals surface area contributed by atoms with Crippen LogP contribution in [-0.2, 0) is 14.3 Å². The zero-order valence-electron chi connectivity index (χ0n) is 20.8. The first-order valence-corrected chi connectivity index (χ1v) is 12.1. The van der Waals surface area contributed by atoms with Gasteiger partial charge in [0.25, 0.3) is 0 Å². The maximum Gasteiger partial charge on any atom is 0.333 e. The molecule has 0 radical (unpaired) electrons. The van der Waals surface area contributed by atoms with E-state index in [0.717, 1.165) is 72.7 Å². The van der Waals surface area contributed by atoms with Crippen LogP contribution in [0.3, 0.4) is 0 Å². The number of anilines is 1. The third-order valence-electron chi connectivity index (χ3n) is 5.81. The smallest absolute Gasteiger partial charge is 0.333 e. The fourth-order valence-electron chi connectivity index (χ4n) is 4.07. The Balaban J connectivity index is 1.80. The van der Waals surface area contributed by atoms with Crippen LogP contribution >= 0.6 is 0 Å².